The maximum absolute atomic E-state index is 12.9. The minimum absolute atomic E-state index is 0.288. The van der Waals surface area contributed by atoms with Gasteiger partial charge in [-0.3, -0.25) is 9.13 Å². The number of nitrogens with zero attached hydrogens (tertiary/aromatic N) is 2. The van der Waals surface area contributed by atoms with E-state index in [4.69, 9.17) is 17.0 Å². The third kappa shape index (κ3) is 3.51. The molecule has 1 aromatic heterocycles. The van der Waals surface area contributed by atoms with Gasteiger partial charge in [0.1, 0.15) is 23.0 Å². The van der Waals surface area contributed by atoms with Gasteiger partial charge in [-0.15, -0.1) is 0 Å². The number of aryl methyl sites for hydroxylation is 2. The molecule has 140 valence electrons. The summed E-state index contributed by atoms with van der Waals surface area (Å²) < 4.78 is 8.42. The summed E-state index contributed by atoms with van der Waals surface area (Å²) >= 11 is 5.29. The molecule has 8 heteroatoms. The molecule has 0 radical (unpaired) electrons. The Morgan fingerprint density at radius 1 is 1.15 bits per heavy atom. The zero-order chi connectivity index (χ0) is 19.0. The Balaban J connectivity index is 2.00. The molecule has 0 bridgehead atoms. The van der Waals surface area contributed by atoms with E-state index >= 15 is 0 Å². The van der Waals surface area contributed by atoms with E-state index in [2.05, 4.69) is 0 Å². The molecule has 0 saturated carbocycles. The van der Waals surface area contributed by atoms with Crippen LogP contribution in [0.15, 0.2) is 35.3 Å². The molecule has 0 unspecified atom stereocenters. The van der Waals surface area contributed by atoms with Crippen LogP contribution in [0.2, 0.25) is 0 Å². The largest absolute Gasteiger partial charge is 0.394 e. The van der Waals surface area contributed by atoms with Crippen molar-refractivity contribution in [3.8, 4) is 0 Å². The first-order chi connectivity index (χ1) is 12.3. The molecule has 1 aliphatic rings. The van der Waals surface area contributed by atoms with E-state index < -0.39 is 36.8 Å². The molecule has 3 N–H and O–H groups in total. The van der Waals surface area contributed by atoms with Crippen LogP contribution in [0.1, 0.15) is 22.9 Å². The highest BCUT2D eigenvalue weighted by atomic mass is 32.1. The number of aliphatic hydroxyl groups is 3. The van der Waals surface area contributed by atoms with Crippen molar-refractivity contribution in [1.82, 2.24) is 9.13 Å². The van der Waals surface area contributed by atoms with Crippen molar-refractivity contribution in [2.75, 3.05) is 6.61 Å². The predicted molar refractivity (Wildman–Crippen MR) is 97.6 cm³/mol. The first-order valence-electron chi connectivity index (χ1n) is 8.33. The van der Waals surface area contributed by atoms with Gasteiger partial charge in [0.25, 0.3) is 0 Å². The topological polar surface area (TPSA) is 96.8 Å². The molecule has 0 aliphatic carbocycles. The lowest BCUT2D eigenvalue weighted by Gasteiger charge is -2.19. The van der Waals surface area contributed by atoms with E-state index in [0.717, 1.165) is 16.7 Å². The molecule has 0 amide bonds. The second-order valence-corrected chi connectivity index (χ2v) is 7.07. The van der Waals surface area contributed by atoms with Crippen LogP contribution >= 0.6 is 12.2 Å². The lowest BCUT2D eigenvalue weighted by molar-refractivity contribution is -0.0555. The highest BCUT2D eigenvalue weighted by Crippen LogP contribution is 2.28. The van der Waals surface area contributed by atoms with Gasteiger partial charge in [0.15, 0.2) is 6.23 Å². The van der Waals surface area contributed by atoms with E-state index in [1.165, 1.54) is 15.3 Å². The summed E-state index contributed by atoms with van der Waals surface area (Å²) in [6, 6.07) is 7.59. The molecule has 3 rings (SSSR count). The third-order valence-corrected chi connectivity index (χ3v) is 4.87. The zero-order valence-electron chi connectivity index (χ0n) is 14.6. The maximum atomic E-state index is 12.9. The number of benzene rings is 1. The zero-order valence-corrected chi connectivity index (χ0v) is 15.4. The van der Waals surface area contributed by atoms with Crippen LogP contribution in [0.3, 0.4) is 0 Å². The lowest BCUT2D eigenvalue weighted by atomic mass is 10.1. The summed E-state index contributed by atoms with van der Waals surface area (Å²) in [6.45, 7) is 3.80. The van der Waals surface area contributed by atoms with Crippen molar-refractivity contribution in [3.63, 3.8) is 0 Å². The quantitative estimate of drug-likeness (QED) is 0.676. The van der Waals surface area contributed by atoms with Crippen LogP contribution in [-0.4, -0.2) is 49.4 Å². The third-order valence-electron chi connectivity index (χ3n) is 4.51. The Kier molecular flexibility index (Phi) is 5.40. The molecular weight excluding hydrogens is 356 g/mol. The Bertz CT molecular complexity index is 902. The molecule has 7 nitrogen and oxygen atoms in total. The maximum Gasteiger partial charge on any atom is 0.331 e. The summed E-state index contributed by atoms with van der Waals surface area (Å²) in [5.41, 5.74) is 2.67. The Labute approximate surface area is 155 Å². The monoisotopic (exact) mass is 378 g/mol. The summed E-state index contributed by atoms with van der Waals surface area (Å²) in [7, 11) is 0. The fourth-order valence-corrected chi connectivity index (χ4v) is 3.53. The highest BCUT2D eigenvalue weighted by Gasteiger charge is 2.43. The van der Waals surface area contributed by atoms with Gasteiger partial charge in [-0.05, 0) is 25.5 Å². The number of hydrogen-bond acceptors (Lipinski definition) is 6. The van der Waals surface area contributed by atoms with E-state index in [1.54, 1.807) is 6.07 Å². The molecule has 26 heavy (non-hydrogen) atoms. The van der Waals surface area contributed by atoms with Crippen LogP contribution in [0.4, 0.5) is 0 Å². The van der Waals surface area contributed by atoms with Gasteiger partial charge in [-0.2, -0.15) is 0 Å². The lowest BCUT2D eigenvalue weighted by Crippen LogP contribution is -2.38. The first-order valence-corrected chi connectivity index (χ1v) is 8.74. The Morgan fingerprint density at radius 3 is 2.38 bits per heavy atom. The minimum atomic E-state index is -1.32. The van der Waals surface area contributed by atoms with Gasteiger partial charge in [0.05, 0.1) is 13.2 Å². The van der Waals surface area contributed by atoms with Gasteiger partial charge in [0, 0.05) is 6.20 Å². The average molecular weight is 378 g/mol. The predicted octanol–water partition coefficient (Wildman–Crippen LogP) is 0.656. The molecule has 4 atom stereocenters. The number of rotatable bonds is 4. The minimum Gasteiger partial charge on any atom is -0.394 e. The molecule has 1 aromatic carbocycles. The van der Waals surface area contributed by atoms with Gasteiger partial charge in [-0.25, -0.2) is 4.79 Å². The van der Waals surface area contributed by atoms with Crippen LogP contribution in [0.5, 0.6) is 0 Å². The Hall–Kier alpha value is -1.84. The standard InChI is InChI=1S/C18H22N2O5S/c1-10-5-11(2)7-12(6-10)8-20-14(26)3-4-19(18(20)24)17-16(23)15(22)13(9-21)25-17/h3-7,13,15-17,21-23H,8-9H2,1-2H3/t13-,15-,16-,17-/m1/s1. The molecule has 0 spiro atoms. The molecular formula is C18H22N2O5S. The number of aliphatic hydroxyl groups excluding tert-OH is 3. The van der Waals surface area contributed by atoms with Gasteiger partial charge < -0.3 is 20.1 Å². The van der Waals surface area contributed by atoms with Crippen molar-refractivity contribution in [3.05, 3.63) is 62.3 Å². The molecule has 1 aliphatic heterocycles. The van der Waals surface area contributed by atoms with Crippen molar-refractivity contribution in [1.29, 1.82) is 0 Å². The smallest absolute Gasteiger partial charge is 0.331 e. The highest BCUT2D eigenvalue weighted by molar-refractivity contribution is 7.71. The molecule has 2 aromatic rings. The Morgan fingerprint density at radius 2 is 1.81 bits per heavy atom. The fourth-order valence-electron chi connectivity index (χ4n) is 3.32. The molecule has 1 saturated heterocycles. The van der Waals surface area contributed by atoms with Crippen molar-refractivity contribution in [2.45, 2.75) is 44.9 Å². The number of aromatic nitrogens is 2. The van der Waals surface area contributed by atoms with Crippen molar-refractivity contribution >= 4 is 12.2 Å². The van der Waals surface area contributed by atoms with E-state index in [9.17, 15) is 20.1 Å². The van der Waals surface area contributed by atoms with Crippen LogP contribution in [-0.2, 0) is 11.3 Å². The summed E-state index contributed by atoms with van der Waals surface area (Å²) in [6.07, 6.45) is -3.19. The molecule has 1 fully saturated rings. The summed E-state index contributed by atoms with van der Waals surface area (Å²) in [5, 5.41) is 29.3. The van der Waals surface area contributed by atoms with Gasteiger partial charge in [-0.1, -0.05) is 41.5 Å². The van der Waals surface area contributed by atoms with Crippen LogP contribution in [0.25, 0.3) is 0 Å². The first kappa shape index (κ1) is 18.9. The van der Waals surface area contributed by atoms with E-state index in [1.807, 2.05) is 32.0 Å². The summed E-state index contributed by atoms with van der Waals surface area (Å²) in [5.74, 6) is 0. The number of ether oxygens (including phenoxy) is 1. The van der Waals surface area contributed by atoms with E-state index in [-0.39, 0.29) is 6.54 Å². The number of hydrogen-bond donors (Lipinski definition) is 3. The van der Waals surface area contributed by atoms with Crippen molar-refractivity contribution in [2.24, 2.45) is 0 Å². The average Bonchev–Trinajstić information content (AvgIpc) is 2.86. The van der Waals surface area contributed by atoms with Crippen LogP contribution in [0, 0.1) is 18.5 Å². The second kappa shape index (κ2) is 7.42. The van der Waals surface area contributed by atoms with Gasteiger partial charge in [0.2, 0.25) is 0 Å². The van der Waals surface area contributed by atoms with Crippen LogP contribution < -0.4 is 5.69 Å². The fraction of sp³-hybridized carbons (Fsp3) is 0.444. The molecule has 2 heterocycles. The van der Waals surface area contributed by atoms with Crippen molar-refractivity contribution < 1.29 is 20.1 Å². The SMILES string of the molecule is Cc1cc(C)cc(Cn2c(=S)ccn([C@@H]3O[C@H](CO)[C@@H](O)[C@H]3O)c2=O)c1. The summed E-state index contributed by atoms with van der Waals surface area (Å²) in [4.78, 5) is 12.9. The normalized spacial score (nSPS) is 25.6. The van der Waals surface area contributed by atoms with Gasteiger partial charge >= 0.3 is 5.69 Å². The second-order valence-electron chi connectivity index (χ2n) is 6.65. The van der Waals surface area contributed by atoms with E-state index in [0.29, 0.717) is 4.64 Å².